The van der Waals surface area contributed by atoms with E-state index in [1.807, 2.05) is 0 Å². The number of rotatable bonds is 13. The highest BCUT2D eigenvalue weighted by atomic mass is 16.3. The van der Waals surface area contributed by atoms with Crippen molar-refractivity contribution in [2.75, 3.05) is 13.1 Å². The maximum atomic E-state index is 11.1. The van der Waals surface area contributed by atoms with Crippen LogP contribution in [0.4, 0.5) is 0 Å². The van der Waals surface area contributed by atoms with Gasteiger partial charge < -0.3 is 5.11 Å². The lowest BCUT2D eigenvalue weighted by Gasteiger charge is -2.35. The molecule has 0 aromatic heterocycles. The topological polar surface area (TPSA) is 23.5 Å². The zero-order valence-corrected chi connectivity index (χ0v) is 16.4. The van der Waals surface area contributed by atoms with Crippen LogP contribution in [0.2, 0.25) is 0 Å². The second kappa shape index (κ2) is 12.5. The van der Waals surface area contributed by atoms with Crippen LogP contribution in [0.25, 0.3) is 0 Å². The molecule has 0 amide bonds. The van der Waals surface area contributed by atoms with Crippen LogP contribution >= 0.6 is 0 Å². The molecule has 0 aliphatic carbocycles. The first kappa shape index (κ1) is 21.2. The second-order valence-electron chi connectivity index (χ2n) is 6.99. The van der Waals surface area contributed by atoms with Gasteiger partial charge in [-0.3, -0.25) is 4.90 Å². The number of hydrogen-bond donors (Lipinski definition) is 1. The van der Waals surface area contributed by atoms with E-state index in [4.69, 9.17) is 0 Å². The van der Waals surface area contributed by atoms with Crippen molar-refractivity contribution in [3.63, 3.8) is 0 Å². The average Bonchev–Trinajstić information content (AvgIpc) is 2.63. The van der Waals surface area contributed by atoms with E-state index >= 15 is 0 Å². The summed E-state index contributed by atoms with van der Waals surface area (Å²) < 4.78 is 0. The molecule has 0 bridgehead atoms. The highest BCUT2D eigenvalue weighted by molar-refractivity contribution is 5.25. The molecule has 0 saturated heterocycles. The van der Waals surface area contributed by atoms with E-state index in [9.17, 15) is 5.11 Å². The van der Waals surface area contributed by atoms with Gasteiger partial charge in [-0.15, -0.1) is 0 Å². The van der Waals surface area contributed by atoms with E-state index in [-0.39, 0.29) is 12.1 Å². The van der Waals surface area contributed by atoms with Crippen LogP contribution in [0.5, 0.6) is 0 Å². The lowest BCUT2D eigenvalue weighted by molar-refractivity contribution is 0.0399. The number of aliphatic hydroxyl groups excluding tert-OH is 1. The van der Waals surface area contributed by atoms with Gasteiger partial charge in [-0.2, -0.15) is 0 Å². The number of nitrogens with zero attached hydrogens (tertiary/aromatic N) is 1. The molecular formula is C22H39NO. The molecule has 24 heavy (non-hydrogen) atoms. The minimum atomic E-state index is -0.379. The molecule has 0 fully saturated rings. The van der Waals surface area contributed by atoms with Crippen molar-refractivity contribution in [1.82, 2.24) is 4.90 Å². The van der Waals surface area contributed by atoms with E-state index in [0.717, 1.165) is 31.5 Å². The summed E-state index contributed by atoms with van der Waals surface area (Å²) in [6.45, 7) is 11.1. The fraction of sp³-hybridized carbons (Fsp3) is 0.727. The highest BCUT2D eigenvalue weighted by Crippen LogP contribution is 2.26. The van der Waals surface area contributed by atoms with Gasteiger partial charge in [0.2, 0.25) is 0 Å². The first-order chi connectivity index (χ1) is 11.7. The van der Waals surface area contributed by atoms with Crippen molar-refractivity contribution in [2.24, 2.45) is 0 Å². The summed E-state index contributed by atoms with van der Waals surface area (Å²) in [5.74, 6) is 0. The first-order valence-electron chi connectivity index (χ1n) is 10.2. The molecule has 2 nitrogen and oxygen atoms in total. The summed E-state index contributed by atoms with van der Waals surface area (Å²) in [6.07, 6.45) is 8.99. The third kappa shape index (κ3) is 6.94. The van der Waals surface area contributed by atoms with Crippen LogP contribution in [0.15, 0.2) is 24.3 Å². The SMILES string of the molecule is CCCCC(C(O)c1ccc(CC)cc1)N(CCCC)CCCC. The molecule has 1 aromatic rings. The molecule has 0 heterocycles. The molecule has 0 spiro atoms. The zero-order chi connectivity index (χ0) is 17.8. The summed E-state index contributed by atoms with van der Waals surface area (Å²) in [6, 6.07) is 8.83. The Hall–Kier alpha value is -0.860. The highest BCUT2D eigenvalue weighted by Gasteiger charge is 2.26. The Balaban J connectivity index is 2.91. The molecule has 1 aromatic carbocycles. The predicted molar refractivity (Wildman–Crippen MR) is 105 cm³/mol. The molecular weight excluding hydrogens is 294 g/mol. The number of hydrogen-bond acceptors (Lipinski definition) is 2. The molecule has 0 radical (unpaired) electrons. The predicted octanol–water partition coefficient (Wildman–Crippen LogP) is 5.74. The van der Waals surface area contributed by atoms with E-state index in [1.165, 1.54) is 44.1 Å². The Morgan fingerprint density at radius 3 is 1.83 bits per heavy atom. The third-order valence-electron chi connectivity index (χ3n) is 5.01. The normalized spacial score (nSPS) is 14.1. The lowest BCUT2D eigenvalue weighted by Crippen LogP contribution is -2.41. The largest absolute Gasteiger partial charge is 0.387 e. The molecule has 0 aliphatic rings. The summed E-state index contributed by atoms with van der Waals surface area (Å²) in [4.78, 5) is 2.56. The minimum absolute atomic E-state index is 0.246. The minimum Gasteiger partial charge on any atom is -0.387 e. The molecule has 2 atom stereocenters. The third-order valence-corrected chi connectivity index (χ3v) is 5.01. The summed E-state index contributed by atoms with van der Waals surface area (Å²) >= 11 is 0. The van der Waals surface area contributed by atoms with Crippen molar-refractivity contribution < 1.29 is 5.11 Å². The molecule has 1 rings (SSSR count). The Morgan fingerprint density at radius 1 is 0.833 bits per heavy atom. The smallest absolute Gasteiger partial charge is 0.0945 e. The van der Waals surface area contributed by atoms with Gasteiger partial charge in [0.1, 0.15) is 0 Å². The zero-order valence-electron chi connectivity index (χ0n) is 16.4. The van der Waals surface area contributed by atoms with Crippen molar-refractivity contribution >= 4 is 0 Å². The van der Waals surface area contributed by atoms with Crippen LogP contribution in [0, 0.1) is 0 Å². The molecule has 0 aliphatic heterocycles. The monoisotopic (exact) mass is 333 g/mol. The Morgan fingerprint density at radius 2 is 1.38 bits per heavy atom. The quantitative estimate of drug-likeness (QED) is 0.497. The molecule has 2 heteroatoms. The maximum Gasteiger partial charge on any atom is 0.0945 e. The van der Waals surface area contributed by atoms with Gasteiger partial charge >= 0.3 is 0 Å². The maximum absolute atomic E-state index is 11.1. The first-order valence-corrected chi connectivity index (χ1v) is 10.2. The van der Waals surface area contributed by atoms with Gasteiger partial charge in [-0.25, -0.2) is 0 Å². The van der Waals surface area contributed by atoms with Gasteiger partial charge in [0.05, 0.1) is 6.10 Å². The van der Waals surface area contributed by atoms with E-state index in [0.29, 0.717) is 0 Å². The van der Waals surface area contributed by atoms with Crippen molar-refractivity contribution in [2.45, 2.75) is 91.2 Å². The molecule has 1 N–H and O–H groups in total. The number of aryl methyl sites for hydroxylation is 1. The van der Waals surface area contributed by atoms with Crippen LogP contribution in [-0.2, 0) is 6.42 Å². The Kier molecular flexibility index (Phi) is 11.0. The summed E-state index contributed by atoms with van der Waals surface area (Å²) in [7, 11) is 0. The van der Waals surface area contributed by atoms with E-state index in [1.54, 1.807) is 0 Å². The van der Waals surface area contributed by atoms with E-state index in [2.05, 4.69) is 56.9 Å². The van der Waals surface area contributed by atoms with Gasteiger partial charge in [-0.05, 0) is 49.9 Å². The number of aliphatic hydroxyl groups is 1. The fourth-order valence-corrected chi connectivity index (χ4v) is 3.29. The Bertz CT molecular complexity index is 406. The van der Waals surface area contributed by atoms with Gasteiger partial charge in [0.15, 0.2) is 0 Å². The summed E-state index contributed by atoms with van der Waals surface area (Å²) in [5, 5.41) is 11.1. The number of unbranched alkanes of at least 4 members (excludes halogenated alkanes) is 3. The molecule has 0 saturated carbocycles. The molecule has 138 valence electrons. The van der Waals surface area contributed by atoms with Gasteiger partial charge in [-0.1, -0.05) is 77.6 Å². The van der Waals surface area contributed by atoms with Crippen LogP contribution < -0.4 is 0 Å². The van der Waals surface area contributed by atoms with Crippen LogP contribution in [0.3, 0.4) is 0 Å². The molecule has 2 unspecified atom stereocenters. The van der Waals surface area contributed by atoms with Gasteiger partial charge in [0, 0.05) is 6.04 Å². The number of benzene rings is 1. The van der Waals surface area contributed by atoms with Crippen molar-refractivity contribution in [3.05, 3.63) is 35.4 Å². The summed E-state index contributed by atoms with van der Waals surface area (Å²) in [5.41, 5.74) is 2.41. The van der Waals surface area contributed by atoms with Crippen LogP contribution in [0.1, 0.15) is 89.9 Å². The Labute approximate surface area is 150 Å². The van der Waals surface area contributed by atoms with E-state index < -0.39 is 0 Å². The average molecular weight is 334 g/mol. The van der Waals surface area contributed by atoms with Gasteiger partial charge in [0.25, 0.3) is 0 Å². The van der Waals surface area contributed by atoms with Crippen molar-refractivity contribution in [3.8, 4) is 0 Å². The second-order valence-corrected chi connectivity index (χ2v) is 6.99. The van der Waals surface area contributed by atoms with Crippen LogP contribution in [-0.4, -0.2) is 29.1 Å². The fourth-order valence-electron chi connectivity index (χ4n) is 3.29. The van der Waals surface area contributed by atoms with Crippen molar-refractivity contribution in [1.29, 1.82) is 0 Å². The lowest BCUT2D eigenvalue weighted by atomic mass is 9.94. The standard InChI is InChI=1S/C22H39NO/c1-5-9-12-21(23(17-10-6-2)18-11-7-3)22(24)20-15-13-19(8-4)14-16-20/h13-16,21-22,24H,5-12,17-18H2,1-4H3.